The number of fused-ring (bicyclic) bond motifs is 8. The first-order valence-corrected chi connectivity index (χ1v) is 19.5. The van der Waals surface area contributed by atoms with Gasteiger partial charge in [-0.2, -0.15) is 5.10 Å². The summed E-state index contributed by atoms with van der Waals surface area (Å²) >= 11 is 0. The number of halogens is 2. The normalized spacial score (nSPS) is 20.2. The first-order valence-electron chi connectivity index (χ1n) is 17.6. The molecule has 0 amide bonds. The molecule has 3 aromatic carbocycles. The summed E-state index contributed by atoms with van der Waals surface area (Å²) in [6.45, 7) is 9.49. The van der Waals surface area contributed by atoms with Crippen molar-refractivity contribution in [3.05, 3.63) is 94.9 Å². The molecule has 2 aromatic heterocycles. The van der Waals surface area contributed by atoms with Crippen molar-refractivity contribution in [2.24, 2.45) is 17.9 Å². The van der Waals surface area contributed by atoms with E-state index in [4.69, 9.17) is 14.8 Å². The molecule has 6 rings (SSSR count). The number of ether oxygens (including phenoxy) is 1. The van der Waals surface area contributed by atoms with Crippen molar-refractivity contribution in [3.8, 4) is 22.9 Å². The molecule has 0 saturated heterocycles. The number of aromatic nitrogens is 4. The molecule has 3 heterocycles. The third kappa shape index (κ3) is 7.35. The fourth-order valence-electron chi connectivity index (χ4n) is 7.42. The van der Waals surface area contributed by atoms with E-state index in [1.807, 2.05) is 52.0 Å². The molecule has 9 nitrogen and oxygen atoms in total. The Bertz CT molecular complexity index is 2260. The van der Waals surface area contributed by atoms with Crippen LogP contribution < -0.4 is 4.74 Å². The summed E-state index contributed by atoms with van der Waals surface area (Å²) in [6.07, 6.45) is 4.19. The number of hydrogen-bond acceptors (Lipinski definition) is 6. The minimum absolute atomic E-state index is 0.0218. The molecule has 4 bridgehead atoms. The van der Waals surface area contributed by atoms with Gasteiger partial charge in [0.1, 0.15) is 11.6 Å². The minimum atomic E-state index is -3.60. The summed E-state index contributed by atoms with van der Waals surface area (Å²) in [5.41, 5.74) is 0.389. The van der Waals surface area contributed by atoms with Crippen molar-refractivity contribution in [1.29, 1.82) is 0 Å². The van der Waals surface area contributed by atoms with Gasteiger partial charge in [0.15, 0.2) is 33.1 Å². The third-order valence-electron chi connectivity index (χ3n) is 10.8. The number of sulfone groups is 1. The van der Waals surface area contributed by atoms with Gasteiger partial charge >= 0.3 is 5.97 Å². The highest BCUT2D eigenvalue weighted by molar-refractivity contribution is 7.91. The summed E-state index contributed by atoms with van der Waals surface area (Å²) in [4.78, 5) is 20.1. The van der Waals surface area contributed by atoms with Crippen LogP contribution in [0, 0.1) is 22.5 Å². The zero-order chi connectivity index (χ0) is 37.6. The van der Waals surface area contributed by atoms with E-state index in [0.717, 1.165) is 11.1 Å². The van der Waals surface area contributed by atoms with Crippen LogP contribution in [0.15, 0.2) is 60.8 Å². The van der Waals surface area contributed by atoms with Gasteiger partial charge < -0.3 is 14.8 Å². The van der Waals surface area contributed by atoms with E-state index in [1.54, 1.807) is 26.2 Å². The molecule has 0 spiro atoms. The van der Waals surface area contributed by atoms with Gasteiger partial charge in [0, 0.05) is 35.8 Å². The molecule has 1 aliphatic heterocycles. The van der Waals surface area contributed by atoms with E-state index in [0.29, 0.717) is 54.4 Å². The number of carboxylic acid groups (broad SMARTS) is 1. The Hall–Kier alpha value is -4.58. The molecular weight excluding hydrogens is 687 g/mol. The zero-order valence-corrected chi connectivity index (χ0v) is 31.3. The Morgan fingerprint density at radius 1 is 1.08 bits per heavy atom. The van der Waals surface area contributed by atoms with Crippen molar-refractivity contribution in [3.63, 3.8) is 0 Å². The number of rotatable bonds is 5. The fraction of sp³-hybridized carbons (Fsp3) is 0.425. The average molecular weight is 733 g/mol. The Balaban J connectivity index is 1.50. The Morgan fingerprint density at radius 2 is 1.85 bits per heavy atom. The van der Waals surface area contributed by atoms with Crippen LogP contribution in [0.4, 0.5) is 8.78 Å². The van der Waals surface area contributed by atoms with Crippen molar-refractivity contribution in [2.75, 3.05) is 11.5 Å². The van der Waals surface area contributed by atoms with Crippen molar-refractivity contribution in [2.45, 2.75) is 78.6 Å². The Labute approximate surface area is 303 Å². The van der Waals surface area contributed by atoms with Crippen LogP contribution in [0.3, 0.4) is 0 Å². The number of carbonyl (C=O) groups is 1. The average Bonchev–Trinajstić information content (AvgIpc) is 3.70. The van der Waals surface area contributed by atoms with Gasteiger partial charge in [-0.1, -0.05) is 51.5 Å². The van der Waals surface area contributed by atoms with Crippen LogP contribution in [0.25, 0.3) is 22.3 Å². The molecule has 2 atom stereocenters. The second-order valence-corrected chi connectivity index (χ2v) is 17.7. The van der Waals surface area contributed by atoms with E-state index >= 15 is 8.78 Å². The van der Waals surface area contributed by atoms with Gasteiger partial charge in [-0.05, 0) is 86.8 Å². The summed E-state index contributed by atoms with van der Waals surface area (Å²) in [7, 11) is -1.92. The molecule has 0 radical (unpaired) electrons. The molecule has 0 aliphatic carbocycles. The second kappa shape index (κ2) is 13.8. The van der Waals surface area contributed by atoms with Crippen molar-refractivity contribution >= 4 is 26.7 Å². The summed E-state index contributed by atoms with van der Waals surface area (Å²) in [5, 5.41) is 15.5. The highest BCUT2D eigenvalue weighted by atomic mass is 32.2. The molecule has 0 saturated carbocycles. The van der Waals surface area contributed by atoms with Gasteiger partial charge in [-0.25, -0.2) is 26.9 Å². The highest BCUT2D eigenvalue weighted by Gasteiger charge is 2.37. The second-order valence-electron chi connectivity index (χ2n) is 15.5. The van der Waals surface area contributed by atoms with E-state index < -0.39 is 43.7 Å². The summed E-state index contributed by atoms with van der Waals surface area (Å²) in [5.74, 6) is -1.68. The number of H-pyrrole nitrogens is 1. The molecule has 2 N–H and O–H groups in total. The van der Waals surface area contributed by atoms with Gasteiger partial charge in [0.25, 0.3) is 0 Å². The quantitative estimate of drug-likeness (QED) is 0.185. The molecular formula is C40H46F2N4O5S. The van der Waals surface area contributed by atoms with E-state index in [9.17, 15) is 18.3 Å². The maximum atomic E-state index is 15.7. The maximum Gasteiger partial charge on any atom is 0.309 e. The highest BCUT2D eigenvalue weighted by Crippen LogP contribution is 2.41. The van der Waals surface area contributed by atoms with Gasteiger partial charge in [0.2, 0.25) is 0 Å². The first kappa shape index (κ1) is 37.2. The zero-order valence-electron chi connectivity index (χ0n) is 30.5. The van der Waals surface area contributed by atoms with Crippen LogP contribution >= 0.6 is 0 Å². The predicted molar refractivity (Wildman–Crippen MR) is 197 cm³/mol. The molecule has 12 heteroatoms. The lowest BCUT2D eigenvalue weighted by Gasteiger charge is -2.31. The molecule has 276 valence electrons. The monoisotopic (exact) mass is 732 g/mol. The van der Waals surface area contributed by atoms with Crippen LogP contribution in [0.1, 0.15) is 82.8 Å². The number of aliphatic carboxylic acids is 1. The van der Waals surface area contributed by atoms with Crippen LogP contribution in [0.2, 0.25) is 0 Å². The lowest BCUT2D eigenvalue weighted by molar-refractivity contribution is -0.148. The molecule has 5 aromatic rings. The first-order chi connectivity index (χ1) is 24.4. The van der Waals surface area contributed by atoms with Crippen LogP contribution in [0.5, 0.6) is 11.5 Å². The van der Waals surface area contributed by atoms with Crippen molar-refractivity contribution < 1.29 is 31.8 Å². The standard InChI is InChI=1S/C40H46F2N4O5S/c1-7-39(4,37(47)48)23-25-10-8-11-26(20-25)40(5)17-9-16-38(2,3)24-52(49,50)19-15-29-28-14-18-43-33(28)22-32(42)34(29)51-27-12-13-31(41)30(21-27)35-44-36(40)45-46(35)6/h8,10-14,18,20-22,43H,7,9,15-17,19,23-24H2,1-6H3,(H,47,48)/t39-,40?/m0/s1. The van der Waals surface area contributed by atoms with E-state index in [1.165, 1.54) is 28.9 Å². The van der Waals surface area contributed by atoms with Crippen LogP contribution in [-0.4, -0.2) is 50.7 Å². The van der Waals surface area contributed by atoms with Crippen molar-refractivity contribution in [1.82, 2.24) is 19.7 Å². The fourth-order valence-corrected chi connectivity index (χ4v) is 9.42. The van der Waals surface area contributed by atoms with Gasteiger partial charge in [0.05, 0.1) is 27.9 Å². The minimum Gasteiger partial charge on any atom is -0.481 e. The van der Waals surface area contributed by atoms with Gasteiger partial charge in [-0.15, -0.1) is 0 Å². The molecule has 52 heavy (non-hydrogen) atoms. The predicted octanol–water partition coefficient (Wildman–Crippen LogP) is 8.55. The van der Waals surface area contributed by atoms with Gasteiger partial charge in [-0.3, -0.25) is 4.79 Å². The number of nitrogens with zero attached hydrogens (tertiary/aromatic N) is 3. The van der Waals surface area contributed by atoms with E-state index in [-0.39, 0.29) is 40.8 Å². The number of aromatic amines is 1. The molecule has 0 fully saturated rings. The number of aryl methyl sites for hydroxylation is 2. The SMILES string of the molecule is CC[C@@](C)(Cc1cccc(C2(C)CCCC(C)(C)CS(=O)(=O)CCc3c(c(F)cc4[nH]ccc34)Oc3ccc(F)c(c3)-c3nc2nn3C)c1)C(=O)O. The number of carboxylic acids is 1. The summed E-state index contributed by atoms with van der Waals surface area (Å²) in [6, 6.07) is 14.9. The van der Waals surface area contributed by atoms with E-state index in [2.05, 4.69) is 4.98 Å². The topological polar surface area (TPSA) is 127 Å². The third-order valence-corrected chi connectivity index (χ3v) is 12.8. The lowest BCUT2D eigenvalue weighted by atomic mass is 9.74. The van der Waals surface area contributed by atoms with Crippen LogP contribution in [-0.2, 0) is 39.9 Å². The smallest absolute Gasteiger partial charge is 0.309 e. The largest absolute Gasteiger partial charge is 0.481 e. The Morgan fingerprint density at radius 3 is 2.58 bits per heavy atom. The number of hydrogen-bond donors (Lipinski definition) is 2. The lowest BCUT2D eigenvalue weighted by Crippen LogP contribution is -2.30. The number of nitrogens with one attached hydrogen (secondary N) is 1. The number of benzene rings is 3. The molecule has 1 aliphatic rings. The molecule has 1 unspecified atom stereocenters. The Kier molecular flexibility index (Phi) is 9.84. The summed E-state index contributed by atoms with van der Waals surface area (Å²) < 4.78 is 66.4. The maximum absolute atomic E-state index is 15.7.